The van der Waals surface area contributed by atoms with E-state index in [1.54, 1.807) is 20.0 Å². The maximum Gasteiger partial charge on any atom is 0.246 e. The normalized spacial score (nSPS) is 11.9. The lowest BCUT2D eigenvalue weighted by molar-refractivity contribution is 0.390. The molecule has 6 nitrogen and oxygen atoms in total. The van der Waals surface area contributed by atoms with Gasteiger partial charge in [-0.05, 0) is 20.8 Å². The van der Waals surface area contributed by atoms with Crippen LogP contribution in [0.1, 0.15) is 21.3 Å². The first-order valence-electron chi connectivity index (χ1n) is 5.24. The van der Waals surface area contributed by atoms with Gasteiger partial charge in [0, 0.05) is 17.6 Å². The molecule has 0 bridgehead atoms. The molecule has 2 aromatic rings. The van der Waals surface area contributed by atoms with Crippen molar-refractivity contribution in [2.75, 3.05) is 0 Å². The number of thiazole rings is 1. The van der Waals surface area contributed by atoms with Crippen LogP contribution in [0.3, 0.4) is 0 Å². The largest absolute Gasteiger partial charge is 0.360 e. The van der Waals surface area contributed by atoms with Crippen molar-refractivity contribution in [3.63, 3.8) is 0 Å². The van der Waals surface area contributed by atoms with Crippen LogP contribution in [0, 0.1) is 20.8 Å². The van der Waals surface area contributed by atoms with E-state index in [2.05, 4.69) is 14.9 Å². The van der Waals surface area contributed by atoms with E-state index in [0.717, 1.165) is 9.88 Å². The van der Waals surface area contributed by atoms with Crippen LogP contribution in [0.2, 0.25) is 0 Å². The predicted molar refractivity (Wildman–Crippen MR) is 66.9 cm³/mol. The molecule has 2 heterocycles. The van der Waals surface area contributed by atoms with Crippen molar-refractivity contribution in [1.82, 2.24) is 14.9 Å². The molecule has 2 rings (SSSR count). The third kappa shape index (κ3) is 2.60. The second-order valence-corrected chi connectivity index (χ2v) is 6.85. The van der Waals surface area contributed by atoms with Crippen LogP contribution in [-0.2, 0) is 16.6 Å². The van der Waals surface area contributed by atoms with E-state index in [1.165, 1.54) is 11.3 Å². The Bertz CT molecular complexity index is 638. The number of nitrogens with one attached hydrogen (secondary N) is 1. The van der Waals surface area contributed by atoms with E-state index in [1.807, 2.05) is 6.92 Å². The van der Waals surface area contributed by atoms with Crippen LogP contribution in [-0.4, -0.2) is 18.6 Å². The molecule has 0 atom stereocenters. The third-order valence-electron chi connectivity index (χ3n) is 2.34. The standard InChI is InChI=1S/C10H13N3O3S2/c1-6-10(7(2)16-13-6)18(14,15)12-5-9-4-11-8(3)17-9/h4,12H,5H2,1-3H3. The zero-order chi connectivity index (χ0) is 13.3. The molecule has 0 aliphatic carbocycles. The smallest absolute Gasteiger partial charge is 0.246 e. The predicted octanol–water partition coefficient (Wildman–Crippen LogP) is 1.53. The van der Waals surface area contributed by atoms with Crippen LogP contribution in [0.25, 0.3) is 0 Å². The van der Waals surface area contributed by atoms with Crippen LogP contribution in [0.5, 0.6) is 0 Å². The lowest BCUT2D eigenvalue weighted by atomic mass is 10.4. The van der Waals surface area contributed by atoms with Gasteiger partial charge in [-0.15, -0.1) is 11.3 Å². The third-order valence-corrected chi connectivity index (χ3v) is 4.90. The summed E-state index contributed by atoms with van der Waals surface area (Å²) in [5.41, 5.74) is 0.362. The monoisotopic (exact) mass is 287 g/mol. The minimum absolute atomic E-state index is 0.115. The summed E-state index contributed by atoms with van der Waals surface area (Å²) in [5, 5.41) is 4.54. The molecule has 1 N–H and O–H groups in total. The first kappa shape index (κ1) is 13.2. The second-order valence-electron chi connectivity index (χ2n) is 3.82. The van der Waals surface area contributed by atoms with E-state index in [0.29, 0.717) is 11.5 Å². The van der Waals surface area contributed by atoms with Crippen molar-refractivity contribution in [1.29, 1.82) is 0 Å². The maximum absolute atomic E-state index is 12.1. The van der Waals surface area contributed by atoms with Gasteiger partial charge < -0.3 is 4.52 Å². The molecule has 0 aromatic carbocycles. The second kappa shape index (κ2) is 4.79. The maximum atomic E-state index is 12.1. The van der Waals surface area contributed by atoms with Gasteiger partial charge in [-0.25, -0.2) is 18.1 Å². The highest BCUT2D eigenvalue weighted by Gasteiger charge is 2.23. The van der Waals surface area contributed by atoms with Crippen LogP contribution in [0.15, 0.2) is 15.6 Å². The van der Waals surface area contributed by atoms with Crippen LogP contribution >= 0.6 is 11.3 Å². The van der Waals surface area contributed by atoms with Crippen molar-refractivity contribution < 1.29 is 12.9 Å². The number of rotatable bonds is 4. The van der Waals surface area contributed by atoms with Crippen LogP contribution < -0.4 is 4.72 Å². The van der Waals surface area contributed by atoms with Crippen molar-refractivity contribution in [3.05, 3.63) is 27.5 Å². The van der Waals surface area contributed by atoms with Crippen molar-refractivity contribution in [3.8, 4) is 0 Å². The van der Waals surface area contributed by atoms with Gasteiger partial charge in [0.15, 0.2) is 5.76 Å². The van der Waals surface area contributed by atoms with Gasteiger partial charge in [-0.2, -0.15) is 0 Å². The van der Waals surface area contributed by atoms with E-state index >= 15 is 0 Å². The van der Waals surface area contributed by atoms with E-state index in [-0.39, 0.29) is 11.4 Å². The Hall–Kier alpha value is -1.25. The fourth-order valence-corrected chi connectivity index (χ4v) is 3.74. The average molecular weight is 287 g/mol. The first-order valence-corrected chi connectivity index (χ1v) is 7.54. The highest BCUT2D eigenvalue weighted by molar-refractivity contribution is 7.89. The van der Waals surface area contributed by atoms with Gasteiger partial charge in [-0.3, -0.25) is 0 Å². The number of nitrogens with zero attached hydrogens (tertiary/aromatic N) is 2. The number of hydrogen-bond donors (Lipinski definition) is 1. The summed E-state index contributed by atoms with van der Waals surface area (Å²) < 4.78 is 31.6. The molecular formula is C10H13N3O3S2. The molecule has 18 heavy (non-hydrogen) atoms. The number of sulfonamides is 1. The van der Waals surface area contributed by atoms with Gasteiger partial charge in [0.2, 0.25) is 10.0 Å². The molecule has 2 aromatic heterocycles. The number of aromatic nitrogens is 2. The SMILES string of the molecule is Cc1ncc(CNS(=O)(=O)c2c(C)noc2C)s1. The lowest BCUT2D eigenvalue weighted by Crippen LogP contribution is -2.23. The van der Waals surface area contributed by atoms with E-state index in [4.69, 9.17) is 4.52 Å². The fourth-order valence-electron chi connectivity index (χ4n) is 1.58. The van der Waals surface area contributed by atoms with Gasteiger partial charge in [0.05, 0.1) is 5.01 Å². The van der Waals surface area contributed by atoms with Crippen molar-refractivity contribution >= 4 is 21.4 Å². The number of aryl methyl sites for hydroxylation is 3. The summed E-state index contributed by atoms with van der Waals surface area (Å²) in [6.07, 6.45) is 1.66. The Kier molecular flexibility index (Phi) is 3.51. The summed E-state index contributed by atoms with van der Waals surface area (Å²) in [4.78, 5) is 5.05. The Morgan fingerprint density at radius 1 is 1.39 bits per heavy atom. The average Bonchev–Trinajstić information content (AvgIpc) is 2.83. The molecule has 0 radical (unpaired) electrons. The quantitative estimate of drug-likeness (QED) is 0.921. The molecule has 8 heteroatoms. The molecule has 0 unspecified atom stereocenters. The first-order chi connectivity index (χ1) is 8.40. The molecule has 0 spiro atoms. The van der Waals surface area contributed by atoms with Crippen molar-refractivity contribution in [2.45, 2.75) is 32.2 Å². The van der Waals surface area contributed by atoms with Gasteiger partial charge >= 0.3 is 0 Å². The molecular weight excluding hydrogens is 274 g/mol. The Morgan fingerprint density at radius 2 is 2.11 bits per heavy atom. The highest BCUT2D eigenvalue weighted by Crippen LogP contribution is 2.19. The summed E-state index contributed by atoms with van der Waals surface area (Å²) in [6.45, 7) is 5.27. The minimum atomic E-state index is -3.59. The molecule has 0 saturated carbocycles. The van der Waals surface area contributed by atoms with Gasteiger partial charge in [0.1, 0.15) is 10.6 Å². The Labute approximate surface area is 109 Å². The molecule has 0 amide bonds. The Balaban J connectivity index is 2.18. The summed E-state index contributed by atoms with van der Waals surface area (Å²) >= 11 is 1.46. The number of hydrogen-bond acceptors (Lipinski definition) is 6. The summed E-state index contributed by atoms with van der Waals surface area (Å²) in [7, 11) is -3.59. The summed E-state index contributed by atoms with van der Waals surface area (Å²) in [6, 6.07) is 0. The van der Waals surface area contributed by atoms with Crippen molar-refractivity contribution in [2.24, 2.45) is 0 Å². The van der Waals surface area contributed by atoms with Gasteiger partial charge in [-0.1, -0.05) is 5.16 Å². The van der Waals surface area contributed by atoms with E-state index in [9.17, 15) is 8.42 Å². The zero-order valence-electron chi connectivity index (χ0n) is 10.2. The van der Waals surface area contributed by atoms with Crippen LogP contribution in [0.4, 0.5) is 0 Å². The summed E-state index contributed by atoms with van der Waals surface area (Å²) in [5.74, 6) is 0.292. The van der Waals surface area contributed by atoms with E-state index < -0.39 is 10.0 Å². The minimum Gasteiger partial charge on any atom is -0.360 e. The fraction of sp³-hybridized carbons (Fsp3) is 0.400. The molecule has 0 aliphatic heterocycles. The highest BCUT2D eigenvalue weighted by atomic mass is 32.2. The molecule has 0 fully saturated rings. The topological polar surface area (TPSA) is 85.1 Å². The molecule has 0 saturated heterocycles. The molecule has 0 aliphatic rings. The zero-order valence-corrected chi connectivity index (χ0v) is 11.9. The molecule has 98 valence electrons. The van der Waals surface area contributed by atoms with Gasteiger partial charge in [0.25, 0.3) is 0 Å². The Morgan fingerprint density at radius 3 is 2.61 bits per heavy atom. The lowest BCUT2D eigenvalue weighted by Gasteiger charge is -2.04.